The van der Waals surface area contributed by atoms with Gasteiger partial charge in [0, 0.05) is 30.9 Å². The number of hydrogen-bond donors (Lipinski definition) is 1. The molecular weight excluding hydrogens is 263 g/mol. The molecule has 1 aromatic heterocycles. The van der Waals surface area contributed by atoms with Gasteiger partial charge < -0.3 is 5.32 Å². The first kappa shape index (κ1) is 12.7. The zero-order valence-corrected chi connectivity index (χ0v) is 10.6. The van der Waals surface area contributed by atoms with Gasteiger partial charge in [-0.25, -0.2) is 9.07 Å². The highest BCUT2D eigenvalue weighted by Crippen LogP contribution is 2.21. The lowest BCUT2D eigenvalue weighted by atomic mass is 10.2. The van der Waals surface area contributed by atoms with E-state index in [1.807, 2.05) is 0 Å². The van der Waals surface area contributed by atoms with Crippen LogP contribution >= 0.6 is 0 Å². The summed E-state index contributed by atoms with van der Waals surface area (Å²) in [5, 5.41) is 18.3. The van der Waals surface area contributed by atoms with E-state index in [0.717, 1.165) is 17.8 Å². The van der Waals surface area contributed by atoms with E-state index in [4.69, 9.17) is 0 Å². The van der Waals surface area contributed by atoms with Gasteiger partial charge in [-0.15, -0.1) is 0 Å². The Bertz CT molecular complexity index is 652. The molecule has 1 aromatic carbocycles. The molecule has 6 nitrogen and oxygen atoms in total. The van der Waals surface area contributed by atoms with E-state index in [1.165, 1.54) is 23.6 Å². The molecule has 104 valence electrons. The minimum Gasteiger partial charge on any atom is -0.308 e. The normalized spacial score (nSPS) is 14.4. The molecule has 1 heterocycles. The number of aromatic nitrogens is 2. The van der Waals surface area contributed by atoms with Crippen LogP contribution in [0.25, 0.3) is 5.69 Å². The van der Waals surface area contributed by atoms with Crippen LogP contribution in [0.1, 0.15) is 18.5 Å². The third kappa shape index (κ3) is 2.67. The van der Waals surface area contributed by atoms with E-state index in [1.54, 1.807) is 12.3 Å². The fraction of sp³-hybridized carbons (Fsp3) is 0.308. The maximum Gasteiger partial charge on any atom is 0.271 e. The number of benzene rings is 1. The Balaban J connectivity index is 1.83. The average Bonchev–Trinajstić information content (AvgIpc) is 3.14. The number of nitro benzene ring substituents is 1. The molecule has 0 spiro atoms. The van der Waals surface area contributed by atoms with Crippen molar-refractivity contribution in [2.24, 2.45) is 0 Å². The maximum absolute atomic E-state index is 13.8. The maximum atomic E-state index is 13.8. The summed E-state index contributed by atoms with van der Waals surface area (Å²) in [6.45, 7) is 0.619. The molecule has 0 unspecified atom stereocenters. The fourth-order valence-electron chi connectivity index (χ4n) is 1.92. The van der Waals surface area contributed by atoms with Crippen molar-refractivity contribution < 1.29 is 9.31 Å². The highest BCUT2D eigenvalue weighted by atomic mass is 19.1. The Morgan fingerprint density at radius 1 is 1.45 bits per heavy atom. The number of nitro groups is 1. The van der Waals surface area contributed by atoms with Gasteiger partial charge in [0.05, 0.1) is 10.6 Å². The molecule has 0 bridgehead atoms. The van der Waals surface area contributed by atoms with Gasteiger partial charge in [-0.2, -0.15) is 5.10 Å². The molecule has 0 aliphatic heterocycles. The van der Waals surface area contributed by atoms with Crippen molar-refractivity contribution in [3.8, 4) is 5.69 Å². The van der Waals surface area contributed by atoms with E-state index in [9.17, 15) is 14.5 Å². The second-order valence-corrected chi connectivity index (χ2v) is 4.80. The van der Waals surface area contributed by atoms with Gasteiger partial charge in [-0.1, -0.05) is 0 Å². The highest BCUT2D eigenvalue weighted by molar-refractivity contribution is 5.43. The van der Waals surface area contributed by atoms with Crippen LogP contribution in [0.15, 0.2) is 30.5 Å². The Kier molecular flexibility index (Phi) is 3.19. The van der Waals surface area contributed by atoms with Gasteiger partial charge in [0.25, 0.3) is 5.69 Å². The molecule has 0 atom stereocenters. The molecule has 1 fully saturated rings. The molecule has 1 saturated carbocycles. The molecule has 1 N–H and O–H groups in total. The van der Waals surface area contributed by atoms with Gasteiger partial charge >= 0.3 is 0 Å². The molecule has 3 rings (SSSR count). The van der Waals surface area contributed by atoms with Crippen LogP contribution in [-0.2, 0) is 6.54 Å². The second-order valence-electron chi connectivity index (χ2n) is 4.80. The Morgan fingerprint density at radius 2 is 2.25 bits per heavy atom. The molecule has 0 saturated heterocycles. The zero-order valence-electron chi connectivity index (χ0n) is 10.6. The minimum absolute atomic E-state index is 0.0804. The average molecular weight is 276 g/mol. The summed E-state index contributed by atoms with van der Waals surface area (Å²) < 4.78 is 15.1. The number of non-ortho nitro benzene ring substituents is 1. The number of nitrogens with one attached hydrogen (secondary N) is 1. The minimum atomic E-state index is -0.554. The van der Waals surface area contributed by atoms with E-state index >= 15 is 0 Å². The van der Waals surface area contributed by atoms with E-state index in [-0.39, 0.29) is 11.4 Å². The number of rotatable bonds is 5. The summed E-state index contributed by atoms with van der Waals surface area (Å²) in [4.78, 5) is 10.2. The van der Waals surface area contributed by atoms with Crippen LogP contribution in [0.4, 0.5) is 10.1 Å². The molecule has 1 aliphatic rings. The van der Waals surface area contributed by atoms with Gasteiger partial charge in [0.1, 0.15) is 11.5 Å². The highest BCUT2D eigenvalue weighted by Gasteiger charge is 2.20. The van der Waals surface area contributed by atoms with Crippen molar-refractivity contribution in [1.82, 2.24) is 15.1 Å². The first-order chi connectivity index (χ1) is 9.63. The number of nitrogens with zero attached hydrogens (tertiary/aromatic N) is 3. The molecule has 7 heteroatoms. The number of hydrogen-bond acceptors (Lipinski definition) is 4. The van der Waals surface area contributed by atoms with Gasteiger partial charge in [-0.3, -0.25) is 10.1 Å². The summed E-state index contributed by atoms with van der Waals surface area (Å²) in [6, 6.07) is 5.73. The van der Waals surface area contributed by atoms with Crippen LogP contribution < -0.4 is 5.32 Å². The van der Waals surface area contributed by atoms with Crippen molar-refractivity contribution in [2.45, 2.75) is 25.4 Å². The topological polar surface area (TPSA) is 73.0 Å². The SMILES string of the molecule is O=[N+]([O-])c1ccc(F)c(-n2ccc(CNC3CC3)n2)c1. The van der Waals surface area contributed by atoms with E-state index in [0.29, 0.717) is 12.6 Å². The number of halogens is 1. The monoisotopic (exact) mass is 276 g/mol. The lowest BCUT2D eigenvalue weighted by Gasteiger charge is -2.03. The quantitative estimate of drug-likeness (QED) is 0.671. The van der Waals surface area contributed by atoms with Crippen LogP contribution in [0, 0.1) is 15.9 Å². The van der Waals surface area contributed by atoms with Crippen molar-refractivity contribution in [3.05, 3.63) is 52.1 Å². The predicted octanol–water partition coefficient (Wildman–Crippen LogP) is 2.17. The molecular formula is C13H13FN4O2. The van der Waals surface area contributed by atoms with Gasteiger partial charge in [-0.05, 0) is 25.0 Å². The van der Waals surface area contributed by atoms with Gasteiger partial charge in [0.15, 0.2) is 0 Å². The molecule has 2 aromatic rings. The van der Waals surface area contributed by atoms with Crippen molar-refractivity contribution in [3.63, 3.8) is 0 Å². The Hall–Kier alpha value is -2.28. The fourth-order valence-corrected chi connectivity index (χ4v) is 1.92. The summed E-state index contributed by atoms with van der Waals surface area (Å²) in [7, 11) is 0. The standard InChI is InChI=1S/C13H13FN4O2/c14-12-4-3-11(18(19)20)7-13(12)17-6-5-10(16-17)8-15-9-1-2-9/h3-7,9,15H,1-2,8H2. The smallest absolute Gasteiger partial charge is 0.271 e. The Labute approximate surface area is 114 Å². The molecule has 0 amide bonds. The third-order valence-electron chi connectivity index (χ3n) is 3.18. The van der Waals surface area contributed by atoms with Crippen molar-refractivity contribution >= 4 is 5.69 Å². The van der Waals surface area contributed by atoms with Crippen LogP contribution in [0.5, 0.6) is 0 Å². The summed E-state index contributed by atoms with van der Waals surface area (Å²) in [5.74, 6) is -0.541. The second kappa shape index (κ2) is 5.01. The van der Waals surface area contributed by atoms with Crippen molar-refractivity contribution in [1.29, 1.82) is 0 Å². The third-order valence-corrected chi connectivity index (χ3v) is 3.18. The molecule has 20 heavy (non-hydrogen) atoms. The van der Waals surface area contributed by atoms with Crippen molar-refractivity contribution in [2.75, 3.05) is 0 Å². The lowest BCUT2D eigenvalue weighted by Crippen LogP contribution is -2.15. The van der Waals surface area contributed by atoms with E-state index < -0.39 is 10.7 Å². The van der Waals surface area contributed by atoms with Crippen LogP contribution in [-0.4, -0.2) is 20.7 Å². The van der Waals surface area contributed by atoms with E-state index in [2.05, 4.69) is 10.4 Å². The molecule has 0 radical (unpaired) electrons. The van der Waals surface area contributed by atoms with Crippen LogP contribution in [0.3, 0.4) is 0 Å². The summed E-state index contributed by atoms with van der Waals surface area (Å²) in [5.41, 5.74) is 0.703. The largest absolute Gasteiger partial charge is 0.308 e. The lowest BCUT2D eigenvalue weighted by molar-refractivity contribution is -0.384. The van der Waals surface area contributed by atoms with Crippen LogP contribution in [0.2, 0.25) is 0 Å². The Morgan fingerprint density at radius 3 is 2.95 bits per heavy atom. The summed E-state index contributed by atoms with van der Waals surface area (Å²) >= 11 is 0. The zero-order chi connectivity index (χ0) is 14.1. The first-order valence-electron chi connectivity index (χ1n) is 6.36. The molecule has 1 aliphatic carbocycles. The first-order valence-corrected chi connectivity index (χ1v) is 6.36. The van der Waals surface area contributed by atoms with Gasteiger partial charge in [0.2, 0.25) is 0 Å². The summed E-state index contributed by atoms with van der Waals surface area (Å²) in [6.07, 6.45) is 3.96. The predicted molar refractivity (Wildman–Crippen MR) is 70.0 cm³/mol.